The SMILES string of the molecule is CC(C)(C)c1[c-]c2c(cc1)-c1cc(C(C)(C)C)ccc1C2.[CH2]=[Zr+2].[Cl-].[Cl-].c1cc[cH-]c1. The normalized spacial score (nSPS) is 11.3. The van der Waals surface area contributed by atoms with Crippen LogP contribution >= 0.6 is 0 Å². The largest absolute Gasteiger partial charge is 1.00 e. The van der Waals surface area contributed by atoms with Gasteiger partial charge in [-0.15, -0.1) is 11.1 Å². The molecule has 0 amide bonds. The summed E-state index contributed by atoms with van der Waals surface area (Å²) >= 11 is 1.30. The predicted octanol–water partition coefficient (Wildman–Crippen LogP) is 1.03. The van der Waals surface area contributed by atoms with E-state index in [0.29, 0.717) is 0 Å². The first-order valence-corrected chi connectivity index (χ1v) is 11.6. The third-order valence-electron chi connectivity index (χ3n) is 5.02. The number of hydrogen-bond donors (Lipinski definition) is 0. The number of halogens is 2. The Kier molecular flexibility index (Phi) is 11.9. The maximum absolute atomic E-state index is 3.67. The van der Waals surface area contributed by atoms with Gasteiger partial charge < -0.3 is 24.8 Å². The smallest absolute Gasteiger partial charge is 0.172 e. The summed E-state index contributed by atoms with van der Waals surface area (Å²) in [5, 5.41) is 0. The van der Waals surface area contributed by atoms with Crippen molar-refractivity contribution in [1.29, 1.82) is 0 Å². The minimum Gasteiger partial charge on any atom is -1.00 e. The molecular formula is C27H32Cl2Zr-2. The van der Waals surface area contributed by atoms with Crippen molar-refractivity contribution in [3.8, 4) is 11.1 Å². The zero-order chi connectivity index (χ0) is 20.9. The van der Waals surface area contributed by atoms with E-state index < -0.39 is 0 Å². The molecule has 160 valence electrons. The van der Waals surface area contributed by atoms with E-state index in [1.54, 1.807) is 0 Å². The Hall–Kier alpha value is -0.877. The van der Waals surface area contributed by atoms with Gasteiger partial charge in [-0.05, 0) is 22.8 Å². The molecule has 4 rings (SSSR count). The number of rotatable bonds is 0. The van der Waals surface area contributed by atoms with Gasteiger partial charge in [0, 0.05) is 0 Å². The van der Waals surface area contributed by atoms with Crippen LogP contribution in [0.1, 0.15) is 63.8 Å². The van der Waals surface area contributed by atoms with E-state index in [2.05, 4.69) is 82.2 Å². The Bertz CT molecular complexity index is 880. The second-order valence-corrected chi connectivity index (χ2v) is 9.28. The first kappa shape index (κ1) is 29.1. The second-order valence-electron chi connectivity index (χ2n) is 9.28. The van der Waals surface area contributed by atoms with Crippen LogP contribution in [0.3, 0.4) is 0 Å². The van der Waals surface area contributed by atoms with Gasteiger partial charge in [0.1, 0.15) is 0 Å². The third-order valence-corrected chi connectivity index (χ3v) is 5.02. The van der Waals surface area contributed by atoms with Gasteiger partial charge in [0.15, 0.2) is 0 Å². The quantitative estimate of drug-likeness (QED) is 0.305. The van der Waals surface area contributed by atoms with E-state index in [4.69, 9.17) is 0 Å². The Balaban J connectivity index is 0.000000809. The topological polar surface area (TPSA) is 0 Å². The van der Waals surface area contributed by atoms with E-state index in [0.717, 1.165) is 6.42 Å². The number of hydrogen-bond acceptors (Lipinski definition) is 0. The van der Waals surface area contributed by atoms with Crippen LogP contribution < -0.4 is 24.8 Å². The van der Waals surface area contributed by atoms with Crippen molar-refractivity contribution in [3.63, 3.8) is 0 Å². The summed E-state index contributed by atoms with van der Waals surface area (Å²) in [5.41, 5.74) is 8.69. The number of fused-ring (bicyclic) bond motifs is 3. The molecule has 0 unspecified atom stereocenters. The monoisotopic (exact) mass is 516 g/mol. The Morgan fingerprint density at radius 1 is 0.833 bits per heavy atom. The van der Waals surface area contributed by atoms with Gasteiger partial charge in [-0.1, -0.05) is 70.9 Å². The van der Waals surface area contributed by atoms with Crippen LogP contribution in [-0.4, -0.2) is 4.21 Å². The second kappa shape index (κ2) is 12.2. The van der Waals surface area contributed by atoms with Crippen molar-refractivity contribution < 1.29 is 49.0 Å². The summed E-state index contributed by atoms with van der Waals surface area (Å²) in [6.45, 7) is 13.6. The van der Waals surface area contributed by atoms with Crippen LogP contribution in [0.4, 0.5) is 0 Å². The first-order valence-electron chi connectivity index (χ1n) is 9.88. The molecule has 0 atom stereocenters. The molecule has 0 bridgehead atoms. The standard InChI is InChI=1S/C21H25.C5H5.CH2.2ClH.Zr/c1-20(2,3)16-9-10-18-15(12-16)11-14-7-8-17(13-19(14)18)21(4,5)6;1-2-4-5-3-1;;;;/h7-10,13H,11H2,1-6H3;1-5H;1H2;2*1H;/q2*-1;;;;+2/p-2. The third kappa shape index (κ3) is 7.37. The van der Waals surface area contributed by atoms with Gasteiger partial charge in [-0.2, -0.15) is 42.0 Å². The van der Waals surface area contributed by atoms with Gasteiger partial charge in [0.05, 0.1) is 0 Å². The summed E-state index contributed by atoms with van der Waals surface area (Å²) in [4.78, 5) is 0. The van der Waals surface area contributed by atoms with Crippen LogP contribution in [0.2, 0.25) is 0 Å². The minimum atomic E-state index is 0. The van der Waals surface area contributed by atoms with E-state index >= 15 is 0 Å². The molecule has 0 nitrogen and oxygen atoms in total. The van der Waals surface area contributed by atoms with Crippen molar-refractivity contribution in [2.45, 2.75) is 58.8 Å². The van der Waals surface area contributed by atoms with Gasteiger partial charge >= 0.3 is 28.4 Å². The maximum Gasteiger partial charge on any atom is -0.172 e. The Labute approximate surface area is 211 Å². The average molecular weight is 519 g/mol. The van der Waals surface area contributed by atoms with E-state index in [1.165, 1.54) is 57.6 Å². The summed E-state index contributed by atoms with van der Waals surface area (Å²) in [5.74, 6) is 0. The van der Waals surface area contributed by atoms with E-state index in [9.17, 15) is 0 Å². The fourth-order valence-corrected chi connectivity index (χ4v) is 3.33. The minimum absolute atomic E-state index is 0. The van der Waals surface area contributed by atoms with Gasteiger partial charge in [0.2, 0.25) is 0 Å². The molecule has 3 heteroatoms. The molecule has 0 N–H and O–H groups in total. The zero-order valence-electron chi connectivity index (χ0n) is 18.9. The molecule has 30 heavy (non-hydrogen) atoms. The molecule has 3 aromatic carbocycles. The Morgan fingerprint density at radius 2 is 1.43 bits per heavy atom. The first-order chi connectivity index (χ1) is 13.2. The van der Waals surface area contributed by atoms with E-state index in [-0.39, 0.29) is 35.6 Å². The average Bonchev–Trinajstić information content (AvgIpc) is 3.32. The predicted molar refractivity (Wildman–Crippen MR) is 120 cm³/mol. The van der Waals surface area contributed by atoms with Gasteiger partial charge in [-0.25, -0.2) is 12.1 Å². The molecule has 1 aliphatic carbocycles. The van der Waals surface area contributed by atoms with Crippen LogP contribution in [0, 0.1) is 6.07 Å². The van der Waals surface area contributed by atoms with Crippen molar-refractivity contribution in [1.82, 2.24) is 0 Å². The van der Waals surface area contributed by atoms with Gasteiger partial charge in [-0.3, -0.25) is 0 Å². The maximum atomic E-state index is 3.67. The molecule has 0 radical (unpaired) electrons. The molecule has 3 aromatic rings. The fourth-order valence-electron chi connectivity index (χ4n) is 3.33. The molecule has 0 spiro atoms. The molecule has 0 aliphatic heterocycles. The van der Waals surface area contributed by atoms with Crippen molar-refractivity contribution in [2.24, 2.45) is 0 Å². The summed E-state index contributed by atoms with van der Waals surface area (Å²) in [6.07, 6.45) is 1.03. The van der Waals surface area contributed by atoms with Crippen molar-refractivity contribution in [2.75, 3.05) is 0 Å². The summed E-state index contributed by atoms with van der Waals surface area (Å²) in [6, 6.07) is 25.2. The van der Waals surface area contributed by atoms with Crippen LogP contribution in [-0.2, 0) is 41.5 Å². The molecule has 0 aromatic heterocycles. The van der Waals surface area contributed by atoms with Gasteiger partial charge in [0.25, 0.3) is 0 Å². The molecule has 1 aliphatic rings. The molecule has 0 saturated carbocycles. The molecular weight excluding hydrogens is 486 g/mol. The number of benzene rings is 2. The van der Waals surface area contributed by atoms with Crippen LogP contribution in [0.5, 0.6) is 0 Å². The summed E-state index contributed by atoms with van der Waals surface area (Å²) in [7, 11) is 0. The molecule has 0 fully saturated rings. The molecule has 0 heterocycles. The Morgan fingerprint density at radius 3 is 1.90 bits per heavy atom. The fraction of sp³-hybridized carbons (Fsp3) is 0.333. The van der Waals surface area contributed by atoms with Crippen LogP contribution in [0.25, 0.3) is 11.1 Å². The van der Waals surface area contributed by atoms with E-state index in [1.807, 2.05) is 30.3 Å². The van der Waals surface area contributed by atoms with Crippen LogP contribution in [0.15, 0.2) is 60.7 Å². The molecule has 0 saturated heterocycles. The summed E-state index contributed by atoms with van der Waals surface area (Å²) < 4.78 is 3.34. The van der Waals surface area contributed by atoms with Crippen molar-refractivity contribution >= 4 is 4.21 Å². The zero-order valence-corrected chi connectivity index (χ0v) is 22.9. The van der Waals surface area contributed by atoms with Crippen molar-refractivity contribution in [3.05, 3.63) is 89.0 Å².